The van der Waals surface area contributed by atoms with Gasteiger partial charge in [-0.15, -0.1) is 0 Å². The van der Waals surface area contributed by atoms with E-state index in [1.165, 1.54) is 38.2 Å². The Bertz CT molecular complexity index is 1680. The topological polar surface area (TPSA) is 18.1 Å². The number of fused-ring (bicyclic) bond motifs is 4. The van der Waals surface area contributed by atoms with E-state index in [1.807, 2.05) is 12.1 Å². The van der Waals surface area contributed by atoms with Crippen LogP contribution in [0.4, 0.5) is 0 Å². The number of para-hydroxylation sites is 3. The largest absolute Gasteiger partial charge is 0.453 e. The monoisotopic (exact) mass is 383 g/mol. The summed E-state index contributed by atoms with van der Waals surface area (Å²) in [7, 11) is 0. The van der Waals surface area contributed by atoms with E-state index < -0.39 is 0 Å². The van der Waals surface area contributed by atoms with Crippen molar-refractivity contribution in [3.8, 4) is 16.8 Å². The maximum atomic E-state index is 6.29. The highest BCUT2D eigenvalue weighted by molar-refractivity contribution is 6.22. The molecule has 0 saturated heterocycles. The molecule has 0 fully saturated rings. The first-order valence-corrected chi connectivity index (χ1v) is 10.2. The number of hydrogen-bond donors (Lipinski definition) is 0. The van der Waals surface area contributed by atoms with Crippen molar-refractivity contribution in [2.24, 2.45) is 0 Å². The van der Waals surface area contributed by atoms with Crippen LogP contribution in [0.3, 0.4) is 0 Å². The minimum Gasteiger partial charge on any atom is -0.453 e. The highest BCUT2D eigenvalue weighted by atomic mass is 16.3. The molecule has 0 amide bonds. The van der Waals surface area contributed by atoms with Gasteiger partial charge in [-0.3, -0.25) is 0 Å². The van der Waals surface area contributed by atoms with Gasteiger partial charge in [0.25, 0.3) is 0 Å². The molecule has 5 aromatic carbocycles. The normalized spacial score (nSPS) is 12.0. The number of benzene rings is 5. The summed E-state index contributed by atoms with van der Waals surface area (Å²) in [5, 5.41) is 5.04. The molecule has 2 heteroatoms. The average molecular weight is 383 g/mol. The minimum absolute atomic E-state index is 0.891. The van der Waals surface area contributed by atoms with E-state index in [2.05, 4.69) is 95.6 Å². The lowest BCUT2D eigenvalue weighted by molar-refractivity contribution is 0.648. The summed E-state index contributed by atoms with van der Waals surface area (Å²) in [6.07, 6.45) is 0. The molecule has 0 spiro atoms. The molecule has 0 aromatic heterocycles. The van der Waals surface area contributed by atoms with Gasteiger partial charge in [-0.1, -0.05) is 78.9 Å². The molecule has 7 rings (SSSR count). The first kappa shape index (κ1) is 15.8. The molecular weight excluding hydrogens is 366 g/mol. The van der Waals surface area contributed by atoms with Crippen molar-refractivity contribution in [3.05, 3.63) is 103 Å². The molecule has 0 N–H and O–H groups in total. The molecule has 0 radical (unpaired) electrons. The lowest BCUT2D eigenvalue weighted by Crippen LogP contribution is -2.05. The zero-order valence-corrected chi connectivity index (χ0v) is 16.2. The molecule has 0 saturated carbocycles. The molecular formula is C28H17NO. The number of hydrogen-bond acceptors (Lipinski definition) is 1. The maximum Gasteiger partial charge on any atom is 0.152 e. The van der Waals surface area contributed by atoms with Gasteiger partial charge in [-0.2, -0.15) is 0 Å². The maximum absolute atomic E-state index is 6.29. The number of pyridine rings is 1. The van der Waals surface area contributed by atoms with Crippen LogP contribution in [0, 0.1) is 0 Å². The Hall–Kier alpha value is -4.04. The fraction of sp³-hybridized carbons (Fsp3) is 0. The van der Waals surface area contributed by atoms with Gasteiger partial charge in [0.1, 0.15) is 0 Å². The first-order chi connectivity index (χ1) is 14.9. The molecule has 2 heterocycles. The van der Waals surface area contributed by atoms with Crippen LogP contribution in [0.1, 0.15) is 0 Å². The van der Waals surface area contributed by atoms with E-state index in [1.54, 1.807) is 0 Å². The van der Waals surface area contributed by atoms with E-state index in [-0.39, 0.29) is 0 Å². The van der Waals surface area contributed by atoms with Crippen LogP contribution in [0.15, 0.2) is 108 Å². The number of aromatic nitrogens is 1. The van der Waals surface area contributed by atoms with Crippen molar-refractivity contribution in [1.82, 2.24) is 4.57 Å². The minimum atomic E-state index is 0.891. The van der Waals surface area contributed by atoms with Crippen LogP contribution in [-0.2, 0) is 0 Å². The second-order valence-electron chi connectivity index (χ2n) is 7.78. The molecule has 0 aliphatic carbocycles. The second-order valence-corrected chi connectivity index (χ2v) is 7.78. The van der Waals surface area contributed by atoms with Crippen molar-refractivity contribution in [2.75, 3.05) is 0 Å². The Labute approximate surface area is 172 Å². The molecule has 0 unspecified atom stereocenters. The van der Waals surface area contributed by atoms with Gasteiger partial charge in [-0.25, -0.2) is 0 Å². The van der Waals surface area contributed by atoms with Crippen LogP contribution in [-0.4, -0.2) is 4.57 Å². The third-order valence-electron chi connectivity index (χ3n) is 6.18. The van der Waals surface area contributed by atoms with Crippen molar-refractivity contribution < 1.29 is 4.42 Å². The molecule has 0 atom stereocenters. The Morgan fingerprint density at radius 2 is 1.23 bits per heavy atom. The zero-order valence-electron chi connectivity index (χ0n) is 16.2. The quantitative estimate of drug-likeness (QED) is 0.209. The number of nitrogens with zero attached hydrogens (tertiary/aromatic N) is 1. The van der Waals surface area contributed by atoms with Gasteiger partial charge in [-0.05, 0) is 46.2 Å². The van der Waals surface area contributed by atoms with Gasteiger partial charge in [0.2, 0.25) is 0 Å². The highest BCUT2D eigenvalue weighted by Crippen LogP contribution is 2.43. The fourth-order valence-electron chi connectivity index (χ4n) is 4.94. The SMILES string of the molecule is c1ccc(-c2ccc3c4c2cccc4c2cccc4oc5ccccc5n3-c42)cc1. The van der Waals surface area contributed by atoms with Crippen LogP contribution < -0.4 is 0 Å². The standard InChI is InChI=1S/C28H17NO/c1-2-8-18(9-3-1)19-16-17-24-27-20(19)10-6-11-21(27)22-12-7-15-26-28(22)29(24)23-13-4-5-14-25(23)30-26/h1-17H. The lowest BCUT2D eigenvalue weighted by Gasteiger charge is -2.23. The summed E-state index contributed by atoms with van der Waals surface area (Å²) in [4.78, 5) is 0. The summed E-state index contributed by atoms with van der Waals surface area (Å²) in [6.45, 7) is 0. The Balaban J connectivity index is 1.80. The summed E-state index contributed by atoms with van der Waals surface area (Å²) in [6, 6.07) is 36.4. The van der Waals surface area contributed by atoms with Gasteiger partial charge in [0.05, 0.1) is 16.7 Å². The first-order valence-electron chi connectivity index (χ1n) is 10.2. The highest BCUT2D eigenvalue weighted by Gasteiger charge is 2.21. The summed E-state index contributed by atoms with van der Waals surface area (Å²) >= 11 is 0. The predicted molar refractivity (Wildman–Crippen MR) is 125 cm³/mol. The van der Waals surface area contributed by atoms with E-state index in [4.69, 9.17) is 4.42 Å². The van der Waals surface area contributed by atoms with E-state index in [0.717, 1.165) is 22.4 Å². The van der Waals surface area contributed by atoms with Crippen molar-refractivity contribution >= 4 is 43.7 Å². The smallest absolute Gasteiger partial charge is 0.152 e. The second kappa shape index (κ2) is 5.74. The Kier molecular flexibility index (Phi) is 3.03. The predicted octanol–water partition coefficient (Wildman–Crippen LogP) is 7.79. The zero-order chi connectivity index (χ0) is 19.7. The third-order valence-corrected chi connectivity index (χ3v) is 6.18. The van der Waals surface area contributed by atoms with E-state index in [0.29, 0.717) is 0 Å². The fourth-order valence-corrected chi connectivity index (χ4v) is 4.94. The molecule has 0 bridgehead atoms. The van der Waals surface area contributed by atoms with Crippen LogP contribution in [0.5, 0.6) is 0 Å². The molecule has 140 valence electrons. The Morgan fingerprint density at radius 1 is 0.500 bits per heavy atom. The molecule has 2 aliphatic rings. The van der Waals surface area contributed by atoms with E-state index >= 15 is 0 Å². The summed E-state index contributed by atoms with van der Waals surface area (Å²) < 4.78 is 8.66. The van der Waals surface area contributed by atoms with Gasteiger partial charge in [0.15, 0.2) is 11.2 Å². The van der Waals surface area contributed by atoms with Gasteiger partial charge < -0.3 is 8.98 Å². The molecule has 2 aliphatic heterocycles. The van der Waals surface area contributed by atoms with E-state index in [9.17, 15) is 0 Å². The molecule has 5 aromatic rings. The third kappa shape index (κ3) is 1.98. The van der Waals surface area contributed by atoms with Crippen molar-refractivity contribution in [2.45, 2.75) is 0 Å². The van der Waals surface area contributed by atoms with Gasteiger partial charge >= 0.3 is 0 Å². The van der Waals surface area contributed by atoms with Crippen molar-refractivity contribution in [3.63, 3.8) is 0 Å². The summed E-state index contributed by atoms with van der Waals surface area (Å²) in [5.41, 5.74) is 7.71. The van der Waals surface area contributed by atoms with Crippen molar-refractivity contribution in [1.29, 1.82) is 0 Å². The van der Waals surface area contributed by atoms with Crippen LogP contribution in [0.25, 0.3) is 60.6 Å². The molecule has 30 heavy (non-hydrogen) atoms. The Morgan fingerprint density at radius 3 is 2.17 bits per heavy atom. The molecule has 2 nitrogen and oxygen atoms in total. The average Bonchev–Trinajstić information content (AvgIpc) is 2.82. The lowest BCUT2D eigenvalue weighted by atomic mass is 9.92. The number of rotatable bonds is 1. The van der Waals surface area contributed by atoms with Crippen LogP contribution in [0.2, 0.25) is 0 Å². The van der Waals surface area contributed by atoms with Crippen LogP contribution >= 0.6 is 0 Å². The van der Waals surface area contributed by atoms with Gasteiger partial charge in [0, 0.05) is 10.8 Å². The summed E-state index contributed by atoms with van der Waals surface area (Å²) in [5.74, 6) is 0.